The highest BCUT2D eigenvalue weighted by molar-refractivity contribution is 6.31. The van der Waals surface area contributed by atoms with Gasteiger partial charge in [0.15, 0.2) is 6.61 Å². The largest absolute Gasteiger partial charge is 0.484 e. The van der Waals surface area contributed by atoms with E-state index in [2.05, 4.69) is 12.1 Å². The minimum absolute atomic E-state index is 0.00708. The summed E-state index contributed by atoms with van der Waals surface area (Å²) >= 11 is 6.50. The fraction of sp³-hybridized carbons (Fsp3) is 0.174. The number of nitrogens with zero attached hydrogens (tertiary/aromatic N) is 1. The Morgan fingerprint density at radius 1 is 0.926 bits per heavy atom. The van der Waals surface area contributed by atoms with E-state index in [1.54, 1.807) is 0 Å². The van der Waals surface area contributed by atoms with Crippen LogP contribution in [0.3, 0.4) is 0 Å². The van der Waals surface area contributed by atoms with Crippen LogP contribution in [0.5, 0.6) is 5.75 Å². The van der Waals surface area contributed by atoms with Gasteiger partial charge in [0.1, 0.15) is 5.75 Å². The number of carbonyl (C=O) groups excluding carboxylic acids is 1. The van der Waals surface area contributed by atoms with E-state index in [-0.39, 0.29) is 18.6 Å². The van der Waals surface area contributed by atoms with Crippen molar-refractivity contribution in [1.82, 2.24) is 4.90 Å². The summed E-state index contributed by atoms with van der Waals surface area (Å²) in [4.78, 5) is 14.9. The van der Waals surface area contributed by atoms with Crippen molar-refractivity contribution in [3.05, 3.63) is 101 Å². The third kappa shape index (κ3) is 3.69. The first kappa shape index (κ1) is 17.6. The van der Waals surface area contributed by atoms with Crippen LogP contribution in [0.2, 0.25) is 5.02 Å². The molecule has 1 aliphatic rings. The predicted octanol–water partition coefficient (Wildman–Crippen LogP) is 4.89. The monoisotopic (exact) mass is 377 g/mol. The molecule has 1 aliphatic heterocycles. The first-order valence-corrected chi connectivity index (χ1v) is 9.41. The molecular weight excluding hydrogens is 358 g/mol. The van der Waals surface area contributed by atoms with E-state index in [9.17, 15) is 4.79 Å². The van der Waals surface area contributed by atoms with E-state index in [1.807, 2.05) is 71.6 Å². The molecule has 0 saturated heterocycles. The summed E-state index contributed by atoms with van der Waals surface area (Å²) in [6, 6.07) is 25.2. The van der Waals surface area contributed by atoms with E-state index < -0.39 is 0 Å². The molecule has 3 aromatic rings. The molecule has 0 bridgehead atoms. The molecule has 136 valence electrons. The van der Waals surface area contributed by atoms with Crippen LogP contribution < -0.4 is 4.74 Å². The summed E-state index contributed by atoms with van der Waals surface area (Å²) in [5.41, 5.74) is 3.33. The zero-order valence-corrected chi connectivity index (χ0v) is 15.6. The summed E-state index contributed by atoms with van der Waals surface area (Å²) < 4.78 is 5.70. The molecule has 1 amide bonds. The molecule has 0 N–H and O–H groups in total. The van der Waals surface area contributed by atoms with Crippen molar-refractivity contribution in [3.63, 3.8) is 0 Å². The van der Waals surface area contributed by atoms with E-state index >= 15 is 0 Å². The lowest BCUT2D eigenvalue weighted by molar-refractivity contribution is -0.135. The second-order valence-corrected chi connectivity index (χ2v) is 6.97. The Morgan fingerprint density at radius 2 is 1.59 bits per heavy atom. The fourth-order valence-electron chi connectivity index (χ4n) is 3.61. The van der Waals surface area contributed by atoms with Gasteiger partial charge < -0.3 is 9.64 Å². The number of hydrogen-bond acceptors (Lipinski definition) is 2. The average Bonchev–Trinajstić information content (AvgIpc) is 2.72. The van der Waals surface area contributed by atoms with Crippen molar-refractivity contribution in [2.24, 2.45) is 0 Å². The minimum Gasteiger partial charge on any atom is -0.484 e. The average molecular weight is 378 g/mol. The van der Waals surface area contributed by atoms with Crippen LogP contribution in [-0.4, -0.2) is 24.0 Å². The van der Waals surface area contributed by atoms with Crippen LogP contribution in [0.15, 0.2) is 78.9 Å². The van der Waals surface area contributed by atoms with Gasteiger partial charge in [0.2, 0.25) is 0 Å². The molecule has 0 saturated carbocycles. The quantitative estimate of drug-likeness (QED) is 0.647. The van der Waals surface area contributed by atoms with E-state index in [0.29, 0.717) is 17.3 Å². The second-order valence-electron chi connectivity index (χ2n) is 6.56. The Balaban J connectivity index is 1.64. The Labute approximate surface area is 164 Å². The van der Waals surface area contributed by atoms with Gasteiger partial charge >= 0.3 is 0 Å². The molecular formula is C23H20ClNO2. The lowest BCUT2D eigenvalue weighted by Gasteiger charge is -2.38. The first-order valence-electron chi connectivity index (χ1n) is 9.03. The molecule has 0 aliphatic carbocycles. The van der Waals surface area contributed by atoms with Gasteiger partial charge in [0.25, 0.3) is 5.91 Å². The third-order valence-electron chi connectivity index (χ3n) is 4.91. The van der Waals surface area contributed by atoms with E-state index in [0.717, 1.165) is 17.5 Å². The lowest BCUT2D eigenvalue weighted by Crippen LogP contribution is -2.43. The zero-order valence-electron chi connectivity index (χ0n) is 14.8. The van der Waals surface area contributed by atoms with E-state index in [4.69, 9.17) is 16.3 Å². The van der Waals surface area contributed by atoms with Crippen LogP contribution in [0.25, 0.3) is 0 Å². The Bertz CT molecular complexity index is 942. The van der Waals surface area contributed by atoms with Gasteiger partial charge in [-0.1, -0.05) is 72.3 Å². The number of benzene rings is 3. The maximum Gasteiger partial charge on any atom is 0.261 e. The number of carbonyl (C=O) groups is 1. The predicted molar refractivity (Wildman–Crippen MR) is 107 cm³/mol. The Kier molecular flexibility index (Phi) is 5.12. The third-order valence-corrected chi connectivity index (χ3v) is 5.25. The highest BCUT2D eigenvalue weighted by atomic mass is 35.5. The molecule has 3 nitrogen and oxygen atoms in total. The highest BCUT2D eigenvalue weighted by Gasteiger charge is 2.33. The van der Waals surface area contributed by atoms with Gasteiger partial charge in [-0.2, -0.15) is 0 Å². The van der Waals surface area contributed by atoms with Crippen molar-refractivity contribution < 1.29 is 9.53 Å². The number of fused-ring (bicyclic) bond motifs is 1. The molecule has 27 heavy (non-hydrogen) atoms. The van der Waals surface area contributed by atoms with Gasteiger partial charge in [-0.15, -0.1) is 0 Å². The van der Waals surface area contributed by atoms with Crippen molar-refractivity contribution in [2.45, 2.75) is 12.5 Å². The summed E-state index contributed by atoms with van der Waals surface area (Å²) in [5, 5.41) is 0.668. The number of para-hydroxylation sites is 1. The van der Waals surface area contributed by atoms with Gasteiger partial charge in [0.05, 0.1) is 6.04 Å². The molecule has 1 atom stereocenters. The van der Waals surface area contributed by atoms with Gasteiger partial charge in [0, 0.05) is 11.6 Å². The second kappa shape index (κ2) is 7.85. The van der Waals surface area contributed by atoms with Crippen LogP contribution in [0, 0.1) is 0 Å². The maximum absolute atomic E-state index is 13.0. The highest BCUT2D eigenvalue weighted by Crippen LogP contribution is 2.38. The lowest BCUT2D eigenvalue weighted by atomic mass is 9.88. The molecule has 0 spiro atoms. The molecule has 4 rings (SSSR count). The maximum atomic E-state index is 13.0. The van der Waals surface area contributed by atoms with Crippen LogP contribution in [-0.2, 0) is 11.2 Å². The number of ether oxygens (including phenoxy) is 1. The van der Waals surface area contributed by atoms with Crippen LogP contribution in [0.4, 0.5) is 0 Å². The smallest absolute Gasteiger partial charge is 0.261 e. The molecule has 1 heterocycles. The van der Waals surface area contributed by atoms with Gasteiger partial charge in [-0.3, -0.25) is 4.79 Å². The molecule has 0 aromatic heterocycles. The number of amides is 1. The first-order chi connectivity index (χ1) is 13.2. The molecule has 0 radical (unpaired) electrons. The van der Waals surface area contributed by atoms with Crippen molar-refractivity contribution >= 4 is 17.5 Å². The summed E-state index contributed by atoms with van der Waals surface area (Å²) in [5.74, 6) is 0.649. The molecule has 1 unspecified atom stereocenters. The van der Waals surface area contributed by atoms with Gasteiger partial charge in [-0.25, -0.2) is 0 Å². The van der Waals surface area contributed by atoms with Gasteiger partial charge in [-0.05, 0) is 41.3 Å². The van der Waals surface area contributed by atoms with Crippen LogP contribution in [0.1, 0.15) is 22.7 Å². The fourth-order valence-corrected chi connectivity index (χ4v) is 3.85. The van der Waals surface area contributed by atoms with Crippen molar-refractivity contribution in [1.29, 1.82) is 0 Å². The normalized spacial score (nSPS) is 15.9. The molecule has 3 aromatic carbocycles. The zero-order chi connectivity index (χ0) is 18.6. The Morgan fingerprint density at radius 3 is 2.37 bits per heavy atom. The Hall–Kier alpha value is -2.78. The minimum atomic E-state index is -0.199. The van der Waals surface area contributed by atoms with Crippen molar-refractivity contribution in [2.75, 3.05) is 13.2 Å². The van der Waals surface area contributed by atoms with Crippen molar-refractivity contribution in [3.8, 4) is 5.75 Å². The summed E-state index contributed by atoms with van der Waals surface area (Å²) in [6.45, 7) is 0.650. The number of halogens is 1. The van der Waals surface area contributed by atoms with Crippen LogP contribution >= 0.6 is 11.6 Å². The van der Waals surface area contributed by atoms with E-state index in [1.165, 1.54) is 5.56 Å². The SMILES string of the molecule is O=C(COc1ccccc1)N1CCc2ccccc2C1c1ccccc1Cl. The standard InChI is InChI=1S/C23H20ClNO2/c24-21-13-7-6-12-20(21)23-19-11-5-4-8-17(19)14-15-25(23)22(26)16-27-18-9-2-1-3-10-18/h1-13,23H,14-16H2. The topological polar surface area (TPSA) is 29.5 Å². The summed E-state index contributed by atoms with van der Waals surface area (Å²) in [7, 11) is 0. The molecule has 4 heteroatoms. The number of rotatable bonds is 4. The number of hydrogen-bond donors (Lipinski definition) is 0. The molecule has 0 fully saturated rings. The summed E-state index contributed by atoms with van der Waals surface area (Å²) in [6.07, 6.45) is 0.828.